The van der Waals surface area contributed by atoms with Crippen LogP contribution in [0.15, 0.2) is 24.3 Å². The van der Waals surface area contributed by atoms with Gasteiger partial charge < -0.3 is 20.1 Å². The van der Waals surface area contributed by atoms with Gasteiger partial charge >= 0.3 is 18.2 Å². The molecule has 0 bridgehead atoms. The van der Waals surface area contributed by atoms with Crippen molar-refractivity contribution in [2.75, 3.05) is 26.2 Å². The highest BCUT2D eigenvalue weighted by Gasteiger charge is 2.53. The van der Waals surface area contributed by atoms with Crippen molar-refractivity contribution in [3.63, 3.8) is 0 Å². The van der Waals surface area contributed by atoms with E-state index in [0.29, 0.717) is 5.75 Å². The molecular formula is C16H19F3N2O4. The van der Waals surface area contributed by atoms with Crippen LogP contribution in [-0.4, -0.2) is 54.4 Å². The van der Waals surface area contributed by atoms with Crippen LogP contribution >= 0.6 is 0 Å². The number of alkyl halides is 3. The summed E-state index contributed by atoms with van der Waals surface area (Å²) < 4.78 is 44.2. The molecule has 0 spiro atoms. The van der Waals surface area contributed by atoms with Gasteiger partial charge in [-0.15, -0.1) is 0 Å². The molecule has 25 heavy (non-hydrogen) atoms. The molecule has 1 aliphatic rings. The highest BCUT2D eigenvalue weighted by molar-refractivity contribution is 5.77. The first-order valence-corrected chi connectivity index (χ1v) is 7.71. The standard InChI is InChI=1S/C16H19F3N2O4/c1-10-4-2-3-5-13(10)25-7-6-20-15(24)21-8-11(14(22)23)12(9-21)16(17,18)19/h2-5,11-12H,6-9H2,1H3,(H,20,24)(H,22,23)/t11-,12-/m1/s1. The monoisotopic (exact) mass is 360 g/mol. The normalized spacial score (nSPS) is 20.4. The van der Waals surface area contributed by atoms with E-state index in [4.69, 9.17) is 9.84 Å². The average Bonchev–Trinajstić information content (AvgIpc) is 2.99. The van der Waals surface area contributed by atoms with Gasteiger partial charge in [0, 0.05) is 13.1 Å². The number of nitrogens with zero attached hydrogens (tertiary/aromatic N) is 1. The number of benzene rings is 1. The molecule has 0 radical (unpaired) electrons. The lowest BCUT2D eigenvalue weighted by atomic mass is 9.96. The van der Waals surface area contributed by atoms with Gasteiger partial charge in [0.1, 0.15) is 12.4 Å². The van der Waals surface area contributed by atoms with Crippen molar-refractivity contribution in [3.8, 4) is 5.75 Å². The maximum Gasteiger partial charge on any atom is 0.394 e. The zero-order valence-corrected chi connectivity index (χ0v) is 13.5. The fraction of sp³-hybridized carbons (Fsp3) is 0.500. The Morgan fingerprint density at radius 3 is 2.56 bits per heavy atom. The number of carbonyl (C=O) groups is 2. The SMILES string of the molecule is Cc1ccccc1OCCNC(=O)N1C[C@@H](C(F)(F)F)[C@H](C(=O)O)C1. The number of amides is 2. The lowest BCUT2D eigenvalue weighted by Crippen LogP contribution is -2.41. The topological polar surface area (TPSA) is 78.9 Å². The first kappa shape index (κ1) is 18.9. The van der Waals surface area contributed by atoms with Gasteiger partial charge in [-0.2, -0.15) is 13.2 Å². The second-order valence-corrected chi connectivity index (χ2v) is 5.84. The van der Waals surface area contributed by atoms with Crippen LogP contribution in [0.4, 0.5) is 18.0 Å². The number of halogens is 3. The molecule has 1 saturated heterocycles. The highest BCUT2D eigenvalue weighted by Crippen LogP contribution is 2.37. The van der Waals surface area contributed by atoms with Gasteiger partial charge in [-0.05, 0) is 18.6 Å². The van der Waals surface area contributed by atoms with Gasteiger partial charge in [0.15, 0.2) is 0 Å². The third-order valence-electron chi connectivity index (χ3n) is 4.07. The Hall–Kier alpha value is -2.45. The van der Waals surface area contributed by atoms with E-state index in [1.165, 1.54) is 0 Å². The molecule has 0 aromatic heterocycles. The Morgan fingerprint density at radius 2 is 2.00 bits per heavy atom. The van der Waals surface area contributed by atoms with Crippen molar-refractivity contribution in [2.45, 2.75) is 13.1 Å². The number of carbonyl (C=O) groups excluding carboxylic acids is 1. The minimum Gasteiger partial charge on any atom is -0.491 e. The number of aryl methyl sites for hydroxylation is 1. The average molecular weight is 360 g/mol. The van der Waals surface area contributed by atoms with Gasteiger partial charge in [0.25, 0.3) is 0 Å². The summed E-state index contributed by atoms with van der Waals surface area (Å²) in [6, 6.07) is 6.55. The van der Waals surface area contributed by atoms with Crippen LogP contribution in [0.1, 0.15) is 5.56 Å². The number of para-hydroxylation sites is 1. The van der Waals surface area contributed by atoms with Crippen molar-refractivity contribution >= 4 is 12.0 Å². The predicted octanol–water partition coefficient (Wildman–Crippen LogP) is 2.28. The number of ether oxygens (including phenoxy) is 1. The third-order valence-corrected chi connectivity index (χ3v) is 4.07. The lowest BCUT2D eigenvalue weighted by Gasteiger charge is -2.19. The number of likely N-dealkylation sites (tertiary alicyclic amines) is 1. The van der Waals surface area contributed by atoms with Crippen LogP contribution in [0.2, 0.25) is 0 Å². The number of aliphatic carboxylic acids is 1. The minimum atomic E-state index is -4.66. The summed E-state index contributed by atoms with van der Waals surface area (Å²) >= 11 is 0. The smallest absolute Gasteiger partial charge is 0.394 e. The van der Waals surface area contributed by atoms with Crippen molar-refractivity contribution in [1.82, 2.24) is 10.2 Å². The molecule has 0 unspecified atom stereocenters. The van der Waals surface area contributed by atoms with E-state index in [1.807, 2.05) is 19.1 Å². The van der Waals surface area contributed by atoms with Crippen LogP contribution in [0.5, 0.6) is 5.75 Å². The summed E-state index contributed by atoms with van der Waals surface area (Å²) in [5.74, 6) is -4.60. The summed E-state index contributed by atoms with van der Waals surface area (Å²) in [5.41, 5.74) is 0.922. The van der Waals surface area contributed by atoms with Crippen LogP contribution in [0.25, 0.3) is 0 Å². The van der Waals surface area contributed by atoms with Crippen molar-refractivity contribution in [1.29, 1.82) is 0 Å². The first-order chi connectivity index (χ1) is 11.7. The second kappa shape index (κ2) is 7.62. The number of carboxylic acids is 1. The third kappa shape index (κ3) is 4.77. The van der Waals surface area contributed by atoms with Gasteiger partial charge in [-0.1, -0.05) is 18.2 Å². The molecule has 2 amide bonds. The zero-order chi connectivity index (χ0) is 18.6. The Kier molecular flexibility index (Phi) is 5.76. The van der Waals surface area contributed by atoms with Crippen LogP contribution < -0.4 is 10.1 Å². The molecule has 2 rings (SSSR count). The molecule has 2 N–H and O–H groups in total. The predicted molar refractivity (Wildman–Crippen MR) is 82.3 cm³/mol. The number of hydrogen-bond donors (Lipinski definition) is 2. The van der Waals surface area contributed by atoms with Gasteiger partial charge in [0.05, 0.1) is 18.4 Å². The molecule has 1 aromatic carbocycles. The van der Waals surface area contributed by atoms with E-state index in [1.54, 1.807) is 12.1 Å². The van der Waals surface area contributed by atoms with Crippen molar-refractivity contribution < 1.29 is 32.6 Å². The fourth-order valence-corrected chi connectivity index (χ4v) is 2.70. The molecule has 6 nitrogen and oxygen atoms in total. The molecule has 0 saturated carbocycles. The number of hydrogen-bond acceptors (Lipinski definition) is 3. The Balaban J connectivity index is 1.83. The van der Waals surface area contributed by atoms with Gasteiger partial charge in [-0.3, -0.25) is 4.79 Å². The fourth-order valence-electron chi connectivity index (χ4n) is 2.70. The molecule has 1 fully saturated rings. The number of nitrogens with one attached hydrogen (secondary N) is 1. The van der Waals surface area contributed by atoms with Crippen LogP contribution in [0, 0.1) is 18.8 Å². The molecule has 9 heteroatoms. The Morgan fingerprint density at radius 1 is 1.32 bits per heavy atom. The molecular weight excluding hydrogens is 341 g/mol. The second-order valence-electron chi connectivity index (χ2n) is 5.84. The van der Waals surface area contributed by atoms with E-state index >= 15 is 0 Å². The van der Waals surface area contributed by atoms with Crippen LogP contribution in [-0.2, 0) is 4.79 Å². The van der Waals surface area contributed by atoms with Crippen molar-refractivity contribution in [2.24, 2.45) is 11.8 Å². The van der Waals surface area contributed by atoms with Gasteiger partial charge in [-0.25, -0.2) is 4.79 Å². The quantitative estimate of drug-likeness (QED) is 0.790. The largest absolute Gasteiger partial charge is 0.491 e. The molecule has 1 aromatic rings. The van der Waals surface area contributed by atoms with E-state index in [9.17, 15) is 22.8 Å². The maximum atomic E-state index is 12.9. The Labute approximate surface area is 142 Å². The lowest BCUT2D eigenvalue weighted by molar-refractivity contribution is -0.187. The maximum absolute atomic E-state index is 12.9. The van der Waals surface area contributed by atoms with Gasteiger partial charge in [0.2, 0.25) is 0 Å². The molecule has 1 aliphatic heterocycles. The molecule has 2 atom stereocenters. The Bertz CT molecular complexity index is 636. The zero-order valence-electron chi connectivity index (χ0n) is 13.5. The molecule has 0 aliphatic carbocycles. The van der Waals surface area contributed by atoms with E-state index in [-0.39, 0.29) is 13.2 Å². The van der Waals surface area contributed by atoms with E-state index < -0.39 is 43.1 Å². The van der Waals surface area contributed by atoms with Crippen LogP contribution in [0.3, 0.4) is 0 Å². The molecule has 1 heterocycles. The number of rotatable bonds is 5. The number of carboxylic acid groups (broad SMARTS) is 1. The summed E-state index contributed by atoms with van der Waals surface area (Å²) in [5, 5.41) is 11.4. The summed E-state index contributed by atoms with van der Waals surface area (Å²) in [6.07, 6.45) is -4.66. The highest BCUT2D eigenvalue weighted by atomic mass is 19.4. The minimum absolute atomic E-state index is 0.0953. The number of urea groups is 1. The summed E-state index contributed by atoms with van der Waals surface area (Å²) in [7, 11) is 0. The van der Waals surface area contributed by atoms with E-state index in [0.717, 1.165) is 10.5 Å². The summed E-state index contributed by atoms with van der Waals surface area (Å²) in [6.45, 7) is 0.976. The molecule has 138 valence electrons. The first-order valence-electron chi connectivity index (χ1n) is 7.71. The van der Waals surface area contributed by atoms with Crippen molar-refractivity contribution in [3.05, 3.63) is 29.8 Å². The summed E-state index contributed by atoms with van der Waals surface area (Å²) in [4.78, 5) is 23.8. The van der Waals surface area contributed by atoms with E-state index in [2.05, 4.69) is 5.32 Å².